The Morgan fingerprint density at radius 2 is 1.74 bits per heavy atom. The third-order valence-electron chi connectivity index (χ3n) is 6.70. The molecule has 0 aliphatic carbocycles. The molecule has 1 fully saturated rings. The molecule has 3 aromatic carbocycles. The number of amides is 1. The van der Waals surface area contributed by atoms with E-state index in [-0.39, 0.29) is 5.91 Å². The Hall–Kier alpha value is -3.48. The zero-order valence-electron chi connectivity index (χ0n) is 20.5. The van der Waals surface area contributed by atoms with E-state index in [0.717, 1.165) is 36.1 Å². The van der Waals surface area contributed by atoms with Crippen molar-refractivity contribution in [2.24, 2.45) is 5.73 Å². The van der Waals surface area contributed by atoms with Gasteiger partial charge in [0.15, 0.2) is 0 Å². The van der Waals surface area contributed by atoms with Gasteiger partial charge in [0.25, 0.3) is 5.91 Å². The first kappa shape index (κ1) is 24.6. The van der Waals surface area contributed by atoms with Crippen LogP contribution in [0.3, 0.4) is 0 Å². The lowest BCUT2D eigenvalue weighted by atomic mass is 10.0. The second kappa shape index (κ2) is 11.8. The van der Waals surface area contributed by atoms with Crippen LogP contribution in [0.15, 0.2) is 66.7 Å². The molecule has 1 aromatic heterocycles. The van der Waals surface area contributed by atoms with Crippen LogP contribution in [-0.4, -0.2) is 54.8 Å². The molecule has 1 saturated heterocycles. The van der Waals surface area contributed by atoms with Gasteiger partial charge in [-0.05, 0) is 67.0 Å². The van der Waals surface area contributed by atoms with Gasteiger partial charge in [-0.1, -0.05) is 61.0 Å². The van der Waals surface area contributed by atoms with Gasteiger partial charge in [-0.2, -0.15) is 0 Å². The predicted molar refractivity (Wildman–Crippen MR) is 146 cm³/mol. The second-order valence-corrected chi connectivity index (χ2v) is 8.87. The van der Waals surface area contributed by atoms with E-state index in [1.807, 2.05) is 24.3 Å². The van der Waals surface area contributed by atoms with Crippen molar-refractivity contribution in [1.29, 1.82) is 5.41 Å². The third-order valence-corrected chi connectivity index (χ3v) is 6.70. The predicted octanol–water partition coefficient (Wildman–Crippen LogP) is 4.63. The maximum absolute atomic E-state index is 13.3. The Kier molecular flexibility index (Phi) is 8.29. The standard InChI is InChI=1S/C28H30N4O.CH5N/c29-19-21-11-12-23-18-27(28(33)30-13-16-31-14-4-1-5-15-31)32(26(23)17-21)20-24-9-6-8-22-7-2-3-10-25(22)24;1-2/h2-3,6-12,17-19,29H,1,4-5,13-16,20H2,(H,30,33);2H2,1H3. The number of nitrogens with two attached hydrogens (primary N) is 1. The van der Waals surface area contributed by atoms with Crippen LogP contribution in [0.25, 0.3) is 21.7 Å². The summed E-state index contributed by atoms with van der Waals surface area (Å²) < 4.78 is 2.10. The summed E-state index contributed by atoms with van der Waals surface area (Å²) in [5.74, 6) is -0.0418. The van der Waals surface area contributed by atoms with Gasteiger partial charge in [-0.3, -0.25) is 4.79 Å². The number of aromatic nitrogens is 1. The summed E-state index contributed by atoms with van der Waals surface area (Å²) in [7, 11) is 1.50. The van der Waals surface area contributed by atoms with Crippen molar-refractivity contribution in [3.63, 3.8) is 0 Å². The highest BCUT2D eigenvalue weighted by Gasteiger charge is 2.18. The van der Waals surface area contributed by atoms with Crippen LogP contribution in [0.1, 0.15) is 40.9 Å². The molecule has 1 aliphatic heterocycles. The Bertz CT molecular complexity index is 1300. The van der Waals surface area contributed by atoms with Crippen LogP contribution in [0.5, 0.6) is 0 Å². The monoisotopic (exact) mass is 469 g/mol. The van der Waals surface area contributed by atoms with Gasteiger partial charge in [0.05, 0.1) is 0 Å². The van der Waals surface area contributed by atoms with Crippen LogP contribution in [0.4, 0.5) is 0 Å². The number of carbonyl (C=O) groups excluding carboxylic acids is 1. The topological polar surface area (TPSA) is 87.1 Å². The molecule has 0 saturated carbocycles. The lowest BCUT2D eigenvalue weighted by Gasteiger charge is -2.26. The summed E-state index contributed by atoms with van der Waals surface area (Å²) in [5.41, 5.74) is 8.15. The first-order valence-corrected chi connectivity index (χ1v) is 12.4. The van der Waals surface area contributed by atoms with E-state index in [4.69, 9.17) is 5.41 Å². The largest absolute Gasteiger partial charge is 0.349 e. The van der Waals surface area contributed by atoms with E-state index in [1.165, 1.54) is 48.9 Å². The molecule has 0 bridgehead atoms. The van der Waals surface area contributed by atoms with Crippen LogP contribution in [0.2, 0.25) is 0 Å². The summed E-state index contributed by atoms with van der Waals surface area (Å²) in [5, 5.41) is 14.2. The van der Waals surface area contributed by atoms with Crippen LogP contribution in [-0.2, 0) is 6.54 Å². The average Bonchev–Trinajstić information content (AvgIpc) is 3.28. The van der Waals surface area contributed by atoms with E-state index in [0.29, 0.717) is 18.8 Å². The van der Waals surface area contributed by atoms with E-state index < -0.39 is 0 Å². The van der Waals surface area contributed by atoms with Crippen molar-refractivity contribution < 1.29 is 4.79 Å². The van der Waals surface area contributed by atoms with Crippen molar-refractivity contribution in [3.8, 4) is 0 Å². The Morgan fingerprint density at radius 1 is 0.971 bits per heavy atom. The van der Waals surface area contributed by atoms with E-state index >= 15 is 0 Å². The number of fused-ring (bicyclic) bond motifs is 2. The highest BCUT2D eigenvalue weighted by Crippen LogP contribution is 2.26. The molecule has 0 atom stereocenters. The van der Waals surface area contributed by atoms with Crippen molar-refractivity contribution in [1.82, 2.24) is 14.8 Å². The molecular formula is C29H35N5O. The van der Waals surface area contributed by atoms with Gasteiger partial charge in [0.1, 0.15) is 5.69 Å². The number of rotatable bonds is 7. The Morgan fingerprint density at radius 3 is 2.54 bits per heavy atom. The number of nitrogens with zero attached hydrogens (tertiary/aromatic N) is 2. The molecule has 0 spiro atoms. The lowest BCUT2D eigenvalue weighted by molar-refractivity contribution is 0.0938. The SMILES string of the molecule is CN.N=Cc1ccc2cc(C(=O)NCCN3CCCCC3)n(Cc3cccc4ccccc34)c2c1. The smallest absolute Gasteiger partial charge is 0.267 e. The maximum atomic E-state index is 13.3. The van der Waals surface area contributed by atoms with E-state index in [2.05, 4.69) is 63.0 Å². The minimum atomic E-state index is -0.0418. The molecule has 5 rings (SSSR count). The minimum absolute atomic E-state index is 0.0418. The fourth-order valence-corrected chi connectivity index (χ4v) is 4.92. The van der Waals surface area contributed by atoms with Gasteiger partial charge in [-0.25, -0.2) is 0 Å². The average molecular weight is 470 g/mol. The van der Waals surface area contributed by atoms with Crippen molar-refractivity contribution in [2.75, 3.05) is 33.2 Å². The molecule has 1 amide bonds. The Balaban J connectivity index is 0.00000141. The molecule has 1 aliphatic rings. The number of nitrogens with one attached hydrogen (secondary N) is 2. The molecule has 6 heteroatoms. The van der Waals surface area contributed by atoms with Gasteiger partial charge in [0, 0.05) is 36.8 Å². The quantitative estimate of drug-likeness (QED) is 0.345. The van der Waals surface area contributed by atoms with Gasteiger partial charge in [-0.15, -0.1) is 0 Å². The van der Waals surface area contributed by atoms with Crippen LogP contribution in [0, 0.1) is 5.41 Å². The highest BCUT2D eigenvalue weighted by atomic mass is 16.1. The van der Waals surface area contributed by atoms with Crippen molar-refractivity contribution in [2.45, 2.75) is 25.8 Å². The zero-order valence-corrected chi connectivity index (χ0v) is 20.5. The van der Waals surface area contributed by atoms with Gasteiger partial charge < -0.3 is 25.9 Å². The first-order chi connectivity index (χ1) is 17.2. The highest BCUT2D eigenvalue weighted by molar-refractivity contribution is 6.00. The van der Waals surface area contributed by atoms with Gasteiger partial charge >= 0.3 is 0 Å². The third kappa shape index (κ3) is 5.61. The molecule has 4 N–H and O–H groups in total. The summed E-state index contributed by atoms with van der Waals surface area (Å²) in [4.78, 5) is 15.7. The minimum Gasteiger partial charge on any atom is -0.349 e. The number of benzene rings is 3. The number of hydrogen-bond acceptors (Lipinski definition) is 4. The normalized spacial score (nSPS) is 13.9. The summed E-state index contributed by atoms with van der Waals surface area (Å²) in [6, 6.07) is 22.6. The van der Waals surface area contributed by atoms with Crippen LogP contribution < -0.4 is 11.1 Å². The number of hydrogen-bond donors (Lipinski definition) is 3. The fourth-order valence-electron chi connectivity index (χ4n) is 4.92. The number of carbonyl (C=O) groups is 1. The fraction of sp³-hybridized carbons (Fsp3) is 0.310. The molecule has 6 nitrogen and oxygen atoms in total. The van der Waals surface area contributed by atoms with Crippen molar-refractivity contribution >= 4 is 33.8 Å². The number of likely N-dealkylation sites (tertiary alicyclic amines) is 1. The van der Waals surface area contributed by atoms with E-state index in [1.54, 1.807) is 0 Å². The molecule has 0 unspecified atom stereocenters. The second-order valence-electron chi connectivity index (χ2n) is 8.87. The molecule has 182 valence electrons. The van der Waals surface area contributed by atoms with E-state index in [9.17, 15) is 4.79 Å². The number of piperidine rings is 1. The lowest BCUT2D eigenvalue weighted by Crippen LogP contribution is -2.38. The summed E-state index contributed by atoms with van der Waals surface area (Å²) in [6.07, 6.45) is 5.17. The molecule has 4 aromatic rings. The Labute approximate surface area is 207 Å². The molecule has 35 heavy (non-hydrogen) atoms. The molecule has 0 radical (unpaired) electrons. The van der Waals surface area contributed by atoms with Crippen molar-refractivity contribution in [3.05, 3.63) is 83.6 Å². The summed E-state index contributed by atoms with van der Waals surface area (Å²) in [6.45, 7) is 4.40. The summed E-state index contributed by atoms with van der Waals surface area (Å²) >= 11 is 0. The molecular weight excluding hydrogens is 434 g/mol. The maximum Gasteiger partial charge on any atom is 0.267 e. The van der Waals surface area contributed by atoms with Gasteiger partial charge in [0.2, 0.25) is 0 Å². The van der Waals surface area contributed by atoms with Crippen LogP contribution >= 0.6 is 0 Å². The first-order valence-electron chi connectivity index (χ1n) is 12.4. The molecule has 2 heterocycles. The zero-order chi connectivity index (χ0) is 24.6.